The Labute approximate surface area is 446 Å². The molecule has 0 saturated carbocycles. The number of anilines is 6. The number of rotatable bonds is 11. The molecule has 14 rings (SSSR count). The van der Waals surface area contributed by atoms with Gasteiger partial charge < -0.3 is 9.80 Å². The van der Waals surface area contributed by atoms with Crippen LogP contribution in [0.4, 0.5) is 34.1 Å². The number of allylic oxidation sites excluding steroid dienone is 4. The van der Waals surface area contributed by atoms with Crippen LogP contribution < -0.4 is 9.80 Å². The summed E-state index contributed by atoms with van der Waals surface area (Å²) in [6.07, 6.45) is 9.91. The van der Waals surface area contributed by atoms with Gasteiger partial charge in [0.25, 0.3) is 0 Å². The number of fused-ring (bicyclic) bond motifs is 5. The molecule has 3 unspecified atom stereocenters. The number of para-hydroxylation sites is 2. The fraction of sp³-hybridized carbons (Fsp3) is 0.0541. The summed E-state index contributed by atoms with van der Waals surface area (Å²) < 4.78 is 0. The summed E-state index contributed by atoms with van der Waals surface area (Å²) in [6, 6.07) is 106. The van der Waals surface area contributed by atoms with Gasteiger partial charge in [-0.05, 0) is 152 Å². The van der Waals surface area contributed by atoms with Crippen molar-refractivity contribution < 1.29 is 0 Å². The topological polar surface area (TPSA) is 6.48 Å². The number of benzene rings is 11. The Bertz CT molecular complexity index is 3960. The summed E-state index contributed by atoms with van der Waals surface area (Å²) >= 11 is 0. The summed E-state index contributed by atoms with van der Waals surface area (Å²) in [7, 11) is 0. The maximum Gasteiger partial charge on any atom is 0.0720 e. The van der Waals surface area contributed by atoms with E-state index < -0.39 is 10.8 Å². The van der Waals surface area contributed by atoms with Crippen LogP contribution in [0.25, 0.3) is 22.3 Å². The molecule has 11 aromatic rings. The molecule has 0 heterocycles. The van der Waals surface area contributed by atoms with E-state index in [0.717, 1.165) is 40.5 Å². The van der Waals surface area contributed by atoms with Gasteiger partial charge in [-0.25, -0.2) is 0 Å². The average molecular weight is 971 g/mol. The molecule has 2 nitrogen and oxygen atoms in total. The van der Waals surface area contributed by atoms with Crippen molar-refractivity contribution in [1.29, 1.82) is 0 Å². The Balaban J connectivity index is 1.04. The monoisotopic (exact) mass is 970 g/mol. The Morgan fingerprint density at radius 3 is 1.33 bits per heavy atom. The van der Waals surface area contributed by atoms with Crippen LogP contribution in [0.15, 0.2) is 309 Å². The lowest BCUT2D eigenvalue weighted by molar-refractivity contribution is 0.627. The molecule has 0 bridgehead atoms. The zero-order valence-electron chi connectivity index (χ0n) is 42.1. The van der Waals surface area contributed by atoms with E-state index in [1.165, 1.54) is 72.3 Å². The van der Waals surface area contributed by atoms with Gasteiger partial charge >= 0.3 is 0 Å². The van der Waals surface area contributed by atoms with Crippen LogP contribution in [0.5, 0.6) is 0 Å². The fourth-order valence-electron chi connectivity index (χ4n) is 13.1. The van der Waals surface area contributed by atoms with Crippen molar-refractivity contribution in [2.75, 3.05) is 9.80 Å². The van der Waals surface area contributed by atoms with Crippen molar-refractivity contribution in [1.82, 2.24) is 0 Å². The highest BCUT2D eigenvalue weighted by Crippen LogP contribution is 2.66. The molecule has 11 aromatic carbocycles. The van der Waals surface area contributed by atoms with Gasteiger partial charge in [-0.1, -0.05) is 237 Å². The molecule has 0 fully saturated rings. The molecule has 76 heavy (non-hydrogen) atoms. The second-order valence-electron chi connectivity index (χ2n) is 20.3. The number of hydrogen-bond donors (Lipinski definition) is 0. The van der Waals surface area contributed by atoms with Crippen LogP contribution in [-0.4, -0.2) is 0 Å². The standard InChI is InChI=1S/C74H54N2/c1-6-23-53(24-7-1)55-43-47-62(48-44-55)75(60-31-12-4-13-32-60)64-35-20-29-58(51-64)73(59-30-21-36-65(52-59)76(61-33-14-5-15-34-61)63-49-45-56(46-50-63)54-25-8-2-9-26-54)69-40-18-19-41-70(69)74(57-27-10-3-11-28-57)68-39-17-16-37-66(68)67-38-22-42-71(73)72(67)74/h1-25,27-52,54H,26H2. The van der Waals surface area contributed by atoms with Gasteiger partial charge in [0.1, 0.15) is 0 Å². The molecule has 0 amide bonds. The molecule has 3 atom stereocenters. The second-order valence-corrected chi connectivity index (χ2v) is 20.3. The van der Waals surface area contributed by atoms with Crippen molar-refractivity contribution in [2.24, 2.45) is 0 Å². The number of nitrogens with zero attached hydrogens (tertiary/aromatic N) is 2. The third-order valence-electron chi connectivity index (χ3n) is 16.3. The summed E-state index contributed by atoms with van der Waals surface area (Å²) in [5.74, 6) is 0.364. The van der Waals surface area contributed by atoms with E-state index in [9.17, 15) is 0 Å². The predicted molar refractivity (Wildman–Crippen MR) is 316 cm³/mol. The molecule has 0 spiro atoms. The molecule has 0 radical (unpaired) electrons. The van der Waals surface area contributed by atoms with E-state index in [4.69, 9.17) is 0 Å². The third kappa shape index (κ3) is 7.17. The molecular formula is C74H54N2. The number of hydrogen-bond acceptors (Lipinski definition) is 2. The van der Waals surface area contributed by atoms with Crippen molar-refractivity contribution in [3.63, 3.8) is 0 Å². The van der Waals surface area contributed by atoms with E-state index in [1.807, 2.05) is 0 Å². The fourth-order valence-corrected chi connectivity index (χ4v) is 13.1. The summed E-state index contributed by atoms with van der Waals surface area (Å²) in [5.41, 5.74) is 21.6. The molecule has 0 aliphatic heterocycles. The van der Waals surface area contributed by atoms with Gasteiger partial charge in [-0.15, -0.1) is 0 Å². The average Bonchev–Trinajstić information content (AvgIpc) is 3.81. The lowest BCUT2D eigenvalue weighted by Gasteiger charge is -2.50. The van der Waals surface area contributed by atoms with Crippen LogP contribution in [0, 0.1) is 0 Å². The molecule has 3 aliphatic rings. The Kier molecular flexibility index (Phi) is 11.1. The SMILES string of the molecule is C1=CCC(c2ccc(N(c3ccccc3)c3cccc(C4(c5cccc(N(c6ccccc6)c6ccc(-c7ccccc7)cc6)c5)c5ccccc5C5(c6ccccc6)c6ccccc6-c6cccc4c65)c3)cc2)C=C1. The summed E-state index contributed by atoms with van der Waals surface area (Å²) in [5, 5.41) is 0. The van der Waals surface area contributed by atoms with Crippen molar-refractivity contribution in [3.05, 3.63) is 359 Å². The minimum Gasteiger partial charge on any atom is -0.310 e. The summed E-state index contributed by atoms with van der Waals surface area (Å²) in [6.45, 7) is 0. The van der Waals surface area contributed by atoms with Gasteiger partial charge in [0.15, 0.2) is 0 Å². The third-order valence-corrected chi connectivity index (χ3v) is 16.3. The minimum atomic E-state index is -0.805. The van der Waals surface area contributed by atoms with E-state index in [-0.39, 0.29) is 0 Å². The Morgan fingerprint density at radius 1 is 0.303 bits per heavy atom. The van der Waals surface area contributed by atoms with Crippen LogP contribution >= 0.6 is 0 Å². The molecule has 2 heteroatoms. The highest BCUT2D eigenvalue weighted by molar-refractivity contribution is 5.92. The van der Waals surface area contributed by atoms with Gasteiger partial charge in [0.05, 0.1) is 10.8 Å². The van der Waals surface area contributed by atoms with Crippen LogP contribution in [0.1, 0.15) is 62.4 Å². The normalized spacial score (nSPS) is 17.6. The Morgan fingerprint density at radius 2 is 0.737 bits per heavy atom. The first-order valence-electron chi connectivity index (χ1n) is 26.6. The molecule has 0 aromatic heterocycles. The van der Waals surface area contributed by atoms with Crippen molar-refractivity contribution >= 4 is 34.1 Å². The maximum atomic E-state index is 2.48. The molecule has 3 aliphatic carbocycles. The second kappa shape index (κ2) is 18.8. The highest BCUT2D eigenvalue weighted by atomic mass is 15.1. The quantitative estimate of drug-likeness (QED) is 0.127. The molecule has 360 valence electrons. The lowest BCUT2D eigenvalue weighted by Crippen LogP contribution is -2.44. The Hall–Kier alpha value is -9.50. The summed E-state index contributed by atoms with van der Waals surface area (Å²) in [4.78, 5) is 4.84. The molecular weight excluding hydrogens is 917 g/mol. The van der Waals surface area contributed by atoms with E-state index >= 15 is 0 Å². The molecule has 0 saturated heterocycles. The smallest absolute Gasteiger partial charge is 0.0720 e. The van der Waals surface area contributed by atoms with Crippen LogP contribution in [0.2, 0.25) is 0 Å². The zero-order chi connectivity index (χ0) is 50.5. The predicted octanol–water partition coefficient (Wildman–Crippen LogP) is 19.0. The zero-order valence-corrected chi connectivity index (χ0v) is 42.1. The minimum absolute atomic E-state index is 0.364. The first kappa shape index (κ1) is 45.1. The highest BCUT2D eigenvalue weighted by Gasteiger charge is 2.57. The first-order chi connectivity index (χ1) is 37.7. The van der Waals surface area contributed by atoms with Crippen LogP contribution in [-0.2, 0) is 10.8 Å². The van der Waals surface area contributed by atoms with Crippen LogP contribution in [0.3, 0.4) is 0 Å². The van der Waals surface area contributed by atoms with Gasteiger partial charge in [-0.2, -0.15) is 0 Å². The van der Waals surface area contributed by atoms with E-state index in [2.05, 4.69) is 319 Å². The van der Waals surface area contributed by atoms with Gasteiger partial charge in [0, 0.05) is 40.0 Å². The molecule has 0 N–H and O–H groups in total. The lowest BCUT2D eigenvalue weighted by atomic mass is 9.51. The largest absolute Gasteiger partial charge is 0.310 e. The van der Waals surface area contributed by atoms with Crippen molar-refractivity contribution in [2.45, 2.75) is 23.2 Å². The van der Waals surface area contributed by atoms with E-state index in [1.54, 1.807) is 0 Å². The van der Waals surface area contributed by atoms with E-state index in [0.29, 0.717) is 5.92 Å². The first-order valence-corrected chi connectivity index (χ1v) is 26.6. The van der Waals surface area contributed by atoms with Gasteiger partial charge in [-0.3, -0.25) is 0 Å². The van der Waals surface area contributed by atoms with Gasteiger partial charge in [0.2, 0.25) is 0 Å². The van der Waals surface area contributed by atoms with Crippen molar-refractivity contribution in [3.8, 4) is 22.3 Å². The maximum absolute atomic E-state index is 2.48.